The summed E-state index contributed by atoms with van der Waals surface area (Å²) in [5.41, 5.74) is 2.66. The summed E-state index contributed by atoms with van der Waals surface area (Å²) in [6, 6.07) is 1.90. The van der Waals surface area contributed by atoms with Crippen LogP contribution >= 0.6 is 15.9 Å². The topological polar surface area (TPSA) is 30.0 Å². The lowest BCUT2D eigenvalue weighted by molar-refractivity contribution is 0.101. The predicted octanol–water partition coefficient (Wildman–Crippen LogP) is 2.28. The molecule has 0 aliphatic rings. The van der Waals surface area contributed by atoms with Gasteiger partial charge in [-0.3, -0.25) is 9.78 Å². The number of carbonyl (C=O) groups is 1. The molecule has 0 saturated carbocycles. The van der Waals surface area contributed by atoms with Gasteiger partial charge < -0.3 is 0 Å². The van der Waals surface area contributed by atoms with Crippen molar-refractivity contribution in [3.63, 3.8) is 0 Å². The van der Waals surface area contributed by atoms with Gasteiger partial charge in [0, 0.05) is 6.20 Å². The Morgan fingerprint density at radius 1 is 1.58 bits per heavy atom. The Morgan fingerprint density at radius 3 is 2.83 bits per heavy atom. The molecule has 0 bridgehead atoms. The Bertz CT molecular complexity index is 309. The highest BCUT2D eigenvalue weighted by molar-refractivity contribution is 9.09. The molecule has 2 nitrogen and oxygen atoms in total. The molecule has 0 fully saturated rings. The smallest absolute Gasteiger partial charge is 0.191 e. The van der Waals surface area contributed by atoms with Crippen LogP contribution in [0.5, 0.6) is 0 Å². The standard InChI is InChI=1S/C9H10BrNO/c1-6-3-4-11-9(7(6)2)8(12)5-10/h3-4H,5H2,1-2H3. The highest BCUT2D eigenvalue weighted by Crippen LogP contribution is 2.10. The number of aryl methyl sites for hydroxylation is 1. The van der Waals surface area contributed by atoms with Crippen molar-refractivity contribution in [3.05, 3.63) is 29.1 Å². The number of pyridine rings is 1. The van der Waals surface area contributed by atoms with E-state index in [0.717, 1.165) is 11.1 Å². The summed E-state index contributed by atoms with van der Waals surface area (Å²) in [6.45, 7) is 3.89. The lowest BCUT2D eigenvalue weighted by Gasteiger charge is -2.03. The number of alkyl halides is 1. The zero-order chi connectivity index (χ0) is 9.14. The van der Waals surface area contributed by atoms with E-state index in [9.17, 15) is 4.79 Å². The molecule has 0 N–H and O–H groups in total. The van der Waals surface area contributed by atoms with E-state index in [1.54, 1.807) is 6.20 Å². The van der Waals surface area contributed by atoms with Gasteiger partial charge in [0.15, 0.2) is 5.78 Å². The quantitative estimate of drug-likeness (QED) is 0.574. The Kier molecular flexibility index (Phi) is 2.98. The number of halogens is 1. The highest BCUT2D eigenvalue weighted by atomic mass is 79.9. The van der Waals surface area contributed by atoms with Crippen LogP contribution in [0.3, 0.4) is 0 Å². The van der Waals surface area contributed by atoms with Gasteiger partial charge in [0.1, 0.15) is 5.69 Å². The minimum Gasteiger partial charge on any atom is -0.291 e. The molecule has 0 aromatic carbocycles. The molecule has 1 rings (SSSR count). The van der Waals surface area contributed by atoms with Crippen LogP contribution < -0.4 is 0 Å². The van der Waals surface area contributed by atoms with Gasteiger partial charge in [-0.1, -0.05) is 15.9 Å². The summed E-state index contributed by atoms with van der Waals surface area (Å²) in [7, 11) is 0. The summed E-state index contributed by atoms with van der Waals surface area (Å²) in [6.07, 6.45) is 1.66. The maximum absolute atomic E-state index is 11.3. The van der Waals surface area contributed by atoms with Crippen LogP contribution in [-0.4, -0.2) is 16.1 Å². The average molecular weight is 228 g/mol. The molecule has 0 atom stereocenters. The largest absolute Gasteiger partial charge is 0.291 e. The summed E-state index contributed by atoms with van der Waals surface area (Å²) in [4.78, 5) is 15.3. The molecule has 0 unspecified atom stereocenters. The molecule has 0 amide bonds. The van der Waals surface area contributed by atoms with Crippen molar-refractivity contribution in [2.45, 2.75) is 13.8 Å². The first-order chi connectivity index (χ1) is 5.66. The van der Waals surface area contributed by atoms with Gasteiger partial charge in [-0.25, -0.2) is 0 Å². The fraction of sp³-hybridized carbons (Fsp3) is 0.333. The SMILES string of the molecule is Cc1ccnc(C(=O)CBr)c1C. The fourth-order valence-corrected chi connectivity index (χ4v) is 1.24. The minimum absolute atomic E-state index is 0.0381. The van der Waals surface area contributed by atoms with E-state index in [1.807, 2.05) is 19.9 Å². The zero-order valence-corrected chi connectivity index (χ0v) is 8.68. The summed E-state index contributed by atoms with van der Waals surface area (Å²) in [5.74, 6) is 0.0381. The van der Waals surface area contributed by atoms with Crippen molar-refractivity contribution in [3.8, 4) is 0 Å². The van der Waals surface area contributed by atoms with Crippen LogP contribution in [-0.2, 0) is 0 Å². The van der Waals surface area contributed by atoms with Crippen molar-refractivity contribution >= 4 is 21.7 Å². The van der Waals surface area contributed by atoms with Crippen molar-refractivity contribution in [2.75, 3.05) is 5.33 Å². The van der Waals surface area contributed by atoms with Crippen LogP contribution in [0.4, 0.5) is 0 Å². The van der Waals surface area contributed by atoms with Gasteiger partial charge in [0.05, 0.1) is 5.33 Å². The summed E-state index contributed by atoms with van der Waals surface area (Å²) >= 11 is 3.12. The lowest BCUT2D eigenvalue weighted by Crippen LogP contribution is -2.06. The number of rotatable bonds is 2. The molecule has 0 radical (unpaired) electrons. The Balaban J connectivity index is 3.16. The fourth-order valence-electron chi connectivity index (χ4n) is 0.977. The molecular weight excluding hydrogens is 218 g/mol. The predicted molar refractivity (Wildman–Crippen MR) is 51.8 cm³/mol. The summed E-state index contributed by atoms with van der Waals surface area (Å²) < 4.78 is 0. The van der Waals surface area contributed by atoms with Gasteiger partial charge in [-0.05, 0) is 31.0 Å². The molecule has 0 aliphatic heterocycles. The van der Waals surface area contributed by atoms with Gasteiger partial charge in [0.25, 0.3) is 0 Å². The van der Waals surface area contributed by atoms with Gasteiger partial charge in [-0.15, -0.1) is 0 Å². The first-order valence-corrected chi connectivity index (χ1v) is 4.80. The van der Waals surface area contributed by atoms with E-state index < -0.39 is 0 Å². The maximum atomic E-state index is 11.3. The molecule has 1 heterocycles. The molecule has 64 valence electrons. The van der Waals surface area contributed by atoms with E-state index in [1.165, 1.54) is 0 Å². The Labute approximate surface area is 80.1 Å². The van der Waals surface area contributed by atoms with Gasteiger partial charge in [0.2, 0.25) is 0 Å². The van der Waals surface area contributed by atoms with E-state index >= 15 is 0 Å². The van der Waals surface area contributed by atoms with Crippen molar-refractivity contribution in [1.82, 2.24) is 4.98 Å². The van der Waals surface area contributed by atoms with Gasteiger partial charge in [-0.2, -0.15) is 0 Å². The Hall–Kier alpha value is -0.700. The average Bonchev–Trinajstić information content (AvgIpc) is 2.08. The van der Waals surface area contributed by atoms with Crippen LogP contribution in [0.1, 0.15) is 21.6 Å². The van der Waals surface area contributed by atoms with Crippen LogP contribution in [0.2, 0.25) is 0 Å². The molecular formula is C9H10BrNO. The second-order valence-corrected chi connectivity index (χ2v) is 3.22. The van der Waals surface area contributed by atoms with E-state index in [2.05, 4.69) is 20.9 Å². The van der Waals surface area contributed by atoms with Crippen molar-refractivity contribution < 1.29 is 4.79 Å². The van der Waals surface area contributed by atoms with Gasteiger partial charge >= 0.3 is 0 Å². The molecule has 3 heteroatoms. The monoisotopic (exact) mass is 227 g/mol. The maximum Gasteiger partial charge on any atom is 0.191 e. The number of ketones is 1. The van der Waals surface area contributed by atoms with Crippen LogP contribution in [0.15, 0.2) is 12.3 Å². The second-order valence-electron chi connectivity index (χ2n) is 2.66. The number of aromatic nitrogens is 1. The number of nitrogens with zero attached hydrogens (tertiary/aromatic N) is 1. The molecule has 1 aromatic heterocycles. The first kappa shape index (κ1) is 9.39. The number of carbonyl (C=O) groups excluding carboxylic acids is 1. The van der Waals surface area contributed by atoms with E-state index in [4.69, 9.17) is 0 Å². The third kappa shape index (κ3) is 1.72. The zero-order valence-electron chi connectivity index (χ0n) is 7.10. The molecule has 0 spiro atoms. The lowest BCUT2D eigenvalue weighted by atomic mass is 10.1. The van der Waals surface area contributed by atoms with E-state index in [0.29, 0.717) is 11.0 Å². The normalized spacial score (nSPS) is 9.92. The highest BCUT2D eigenvalue weighted by Gasteiger charge is 2.09. The third-order valence-electron chi connectivity index (χ3n) is 1.86. The van der Waals surface area contributed by atoms with Crippen LogP contribution in [0, 0.1) is 13.8 Å². The van der Waals surface area contributed by atoms with Crippen LogP contribution in [0.25, 0.3) is 0 Å². The number of Topliss-reactive ketones (excluding diaryl/α,β-unsaturated/α-hetero) is 1. The molecule has 1 aromatic rings. The number of hydrogen-bond acceptors (Lipinski definition) is 2. The third-order valence-corrected chi connectivity index (χ3v) is 2.37. The number of hydrogen-bond donors (Lipinski definition) is 0. The first-order valence-electron chi connectivity index (χ1n) is 3.68. The Morgan fingerprint density at radius 2 is 2.25 bits per heavy atom. The van der Waals surface area contributed by atoms with Crippen molar-refractivity contribution in [2.24, 2.45) is 0 Å². The summed E-state index contributed by atoms with van der Waals surface area (Å²) in [5, 5.41) is 0.338. The van der Waals surface area contributed by atoms with E-state index in [-0.39, 0.29) is 5.78 Å². The molecule has 0 saturated heterocycles. The second kappa shape index (κ2) is 3.81. The minimum atomic E-state index is 0.0381. The molecule has 0 aliphatic carbocycles. The molecule has 12 heavy (non-hydrogen) atoms. The van der Waals surface area contributed by atoms with Crippen molar-refractivity contribution in [1.29, 1.82) is 0 Å².